The van der Waals surface area contributed by atoms with E-state index in [1.165, 1.54) is 17.8 Å². The number of fused-ring (bicyclic) bond motifs is 2. The number of halogens is 4. The summed E-state index contributed by atoms with van der Waals surface area (Å²) in [7, 11) is 3.00. The van der Waals surface area contributed by atoms with Crippen LogP contribution in [0.3, 0.4) is 0 Å². The van der Waals surface area contributed by atoms with Crippen LogP contribution in [-0.4, -0.2) is 101 Å². The van der Waals surface area contributed by atoms with Crippen LogP contribution in [0.5, 0.6) is 5.88 Å². The summed E-state index contributed by atoms with van der Waals surface area (Å²) in [5, 5.41) is 15.2. The summed E-state index contributed by atoms with van der Waals surface area (Å²) in [5.74, 6) is -0.442. The second kappa shape index (κ2) is 11.1. The Morgan fingerprint density at radius 1 is 1.21 bits per heavy atom. The molecule has 10 nitrogen and oxygen atoms in total. The number of nitrogens with one attached hydrogen (secondary N) is 1. The molecule has 0 saturated carbocycles. The Balaban J connectivity index is 1.47. The topological polar surface area (TPSA) is 94.6 Å². The van der Waals surface area contributed by atoms with E-state index in [2.05, 4.69) is 25.7 Å². The van der Waals surface area contributed by atoms with Crippen LogP contribution in [0.1, 0.15) is 12.5 Å². The molecule has 1 fully saturated rings. The summed E-state index contributed by atoms with van der Waals surface area (Å²) in [4.78, 5) is 6.37. The van der Waals surface area contributed by atoms with Gasteiger partial charge in [0.1, 0.15) is 36.6 Å². The molecule has 0 bridgehead atoms. The monoisotopic (exact) mass is 536 g/mol. The molecule has 14 heteroatoms. The van der Waals surface area contributed by atoms with Crippen LogP contribution in [-0.2, 0) is 4.74 Å². The molecule has 4 heterocycles. The summed E-state index contributed by atoms with van der Waals surface area (Å²) in [6.07, 6.45) is 0.539. The minimum absolute atomic E-state index is 0.0754. The van der Waals surface area contributed by atoms with E-state index < -0.39 is 37.4 Å². The zero-order chi connectivity index (χ0) is 26.8. The van der Waals surface area contributed by atoms with Gasteiger partial charge in [-0.2, -0.15) is 4.98 Å². The average Bonchev–Trinajstić information content (AvgIpc) is 3.49. The maximum atomic E-state index is 15.3. The molecular weight excluding hydrogens is 508 g/mol. The molecule has 0 amide bonds. The standard InChI is InChI=1S/C24H28F4N8O2/c1-37-8-7-34-6-5-18(16(27)12-34)29-24-30-23(38-2)22-21(17(28)13-35(22)32-24)14-3-4-19-20(9-14)36(33-31-19)15(10-25)11-26/h3-4,9,13,15-16,18H,5-8,10-12H2,1-2H3,(H,29,32)/t16-,18-/m1/s1. The Kier molecular flexibility index (Phi) is 7.61. The fraction of sp³-hybridized carbons (Fsp3) is 0.500. The van der Waals surface area contributed by atoms with Crippen molar-refractivity contribution in [2.45, 2.75) is 24.7 Å². The van der Waals surface area contributed by atoms with E-state index in [0.29, 0.717) is 42.7 Å². The van der Waals surface area contributed by atoms with Gasteiger partial charge >= 0.3 is 0 Å². The molecule has 0 radical (unpaired) electrons. The van der Waals surface area contributed by atoms with Gasteiger partial charge < -0.3 is 14.8 Å². The quantitative estimate of drug-likeness (QED) is 0.309. The number of nitrogens with zero attached hydrogens (tertiary/aromatic N) is 7. The summed E-state index contributed by atoms with van der Waals surface area (Å²) < 4.78 is 69.8. The van der Waals surface area contributed by atoms with E-state index in [1.54, 1.807) is 25.3 Å². The molecule has 204 valence electrons. The van der Waals surface area contributed by atoms with Crippen LogP contribution in [0.4, 0.5) is 23.5 Å². The van der Waals surface area contributed by atoms with Crippen molar-refractivity contribution in [3.8, 4) is 17.0 Å². The van der Waals surface area contributed by atoms with Gasteiger partial charge in [0.2, 0.25) is 11.8 Å². The Bertz CT molecular complexity index is 1410. The van der Waals surface area contributed by atoms with Crippen molar-refractivity contribution in [2.24, 2.45) is 0 Å². The van der Waals surface area contributed by atoms with Crippen LogP contribution < -0.4 is 10.1 Å². The van der Waals surface area contributed by atoms with E-state index in [-0.39, 0.29) is 29.5 Å². The number of anilines is 1. The Labute approximate surface area is 215 Å². The van der Waals surface area contributed by atoms with Crippen molar-refractivity contribution in [1.82, 2.24) is 34.5 Å². The first-order valence-corrected chi connectivity index (χ1v) is 12.2. The molecule has 4 aromatic rings. The van der Waals surface area contributed by atoms with Crippen molar-refractivity contribution in [3.63, 3.8) is 0 Å². The fourth-order valence-electron chi connectivity index (χ4n) is 4.75. The van der Waals surface area contributed by atoms with Crippen LogP contribution in [0.15, 0.2) is 24.4 Å². The van der Waals surface area contributed by atoms with Crippen molar-refractivity contribution >= 4 is 22.5 Å². The second-order valence-electron chi connectivity index (χ2n) is 9.14. The van der Waals surface area contributed by atoms with Gasteiger partial charge in [-0.05, 0) is 24.1 Å². The first-order valence-electron chi connectivity index (χ1n) is 12.2. The lowest BCUT2D eigenvalue weighted by atomic mass is 10.0. The van der Waals surface area contributed by atoms with E-state index in [0.717, 1.165) is 4.68 Å². The van der Waals surface area contributed by atoms with Crippen LogP contribution in [0.2, 0.25) is 0 Å². The highest BCUT2D eigenvalue weighted by Crippen LogP contribution is 2.35. The number of alkyl halides is 3. The SMILES string of the molecule is COCCN1CC[C@@H](Nc2nc(OC)c3c(-c4ccc5nnn(C(CF)CF)c5c4)c(F)cn3n2)[C@H](F)C1. The molecule has 1 aromatic carbocycles. The van der Waals surface area contributed by atoms with Crippen LogP contribution in [0, 0.1) is 5.82 Å². The third-order valence-electron chi connectivity index (χ3n) is 6.76. The van der Waals surface area contributed by atoms with Crippen molar-refractivity contribution in [3.05, 3.63) is 30.2 Å². The molecular formula is C24H28F4N8O2. The fourth-order valence-corrected chi connectivity index (χ4v) is 4.75. The smallest absolute Gasteiger partial charge is 0.244 e. The third-order valence-corrected chi connectivity index (χ3v) is 6.76. The number of hydrogen-bond donors (Lipinski definition) is 1. The minimum atomic E-state index is -1.16. The number of likely N-dealkylation sites (tertiary alicyclic amines) is 1. The lowest BCUT2D eigenvalue weighted by Crippen LogP contribution is -2.48. The molecule has 1 aliphatic rings. The molecule has 3 aromatic heterocycles. The van der Waals surface area contributed by atoms with Gasteiger partial charge in [-0.3, -0.25) is 4.90 Å². The van der Waals surface area contributed by atoms with Gasteiger partial charge in [0, 0.05) is 26.7 Å². The molecule has 2 atom stereocenters. The van der Waals surface area contributed by atoms with Gasteiger partial charge in [-0.1, -0.05) is 11.3 Å². The van der Waals surface area contributed by atoms with Crippen molar-refractivity contribution < 1.29 is 27.0 Å². The highest BCUT2D eigenvalue weighted by atomic mass is 19.1. The zero-order valence-electron chi connectivity index (χ0n) is 21.0. The Hall–Kier alpha value is -3.52. The van der Waals surface area contributed by atoms with Gasteiger partial charge in [0.15, 0.2) is 5.82 Å². The molecule has 0 aliphatic carbocycles. The number of rotatable bonds is 10. The predicted octanol–water partition coefficient (Wildman–Crippen LogP) is 3.24. The van der Waals surface area contributed by atoms with Gasteiger partial charge in [-0.25, -0.2) is 26.8 Å². The second-order valence-corrected chi connectivity index (χ2v) is 9.14. The average molecular weight is 537 g/mol. The van der Waals surface area contributed by atoms with E-state index in [1.807, 2.05) is 4.90 Å². The van der Waals surface area contributed by atoms with Gasteiger partial charge in [-0.15, -0.1) is 10.2 Å². The number of piperidine rings is 1. The lowest BCUT2D eigenvalue weighted by molar-refractivity contribution is 0.0918. The summed E-state index contributed by atoms with van der Waals surface area (Å²) in [6.45, 7) is 0.181. The Morgan fingerprint density at radius 2 is 2.03 bits per heavy atom. The maximum Gasteiger partial charge on any atom is 0.244 e. The van der Waals surface area contributed by atoms with Crippen molar-refractivity contribution in [2.75, 3.05) is 59.1 Å². The number of hydrogen-bond acceptors (Lipinski definition) is 8. The first-order chi connectivity index (χ1) is 18.5. The van der Waals surface area contributed by atoms with Crippen LogP contribution in [0.25, 0.3) is 27.7 Å². The maximum absolute atomic E-state index is 15.3. The van der Waals surface area contributed by atoms with Crippen molar-refractivity contribution in [1.29, 1.82) is 0 Å². The number of ether oxygens (including phenoxy) is 2. The molecule has 0 unspecified atom stereocenters. The van der Waals surface area contributed by atoms with E-state index >= 15 is 4.39 Å². The largest absolute Gasteiger partial charge is 0.479 e. The summed E-state index contributed by atoms with van der Waals surface area (Å²) in [6, 6.07) is 3.11. The lowest BCUT2D eigenvalue weighted by Gasteiger charge is -2.34. The highest BCUT2D eigenvalue weighted by molar-refractivity contribution is 5.89. The van der Waals surface area contributed by atoms with E-state index in [9.17, 15) is 13.2 Å². The molecule has 38 heavy (non-hydrogen) atoms. The minimum Gasteiger partial charge on any atom is -0.479 e. The summed E-state index contributed by atoms with van der Waals surface area (Å²) >= 11 is 0. The molecule has 1 aliphatic heterocycles. The summed E-state index contributed by atoms with van der Waals surface area (Å²) in [5.41, 5.74) is 1.54. The predicted molar refractivity (Wildman–Crippen MR) is 132 cm³/mol. The van der Waals surface area contributed by atoms with Gasteiger partial charge in [0.25, 0.3) is 0 Å². The first kappa shape index (κ1) is 26.1. The molecule has 0 spiro atoms. The van der Waals surface area contributed by atoms with E-state index in [4.69, 9.17) is 9.47 Å². The molecule has 1 saturated heterocycles. The number of methoxy groups -OCH3 is 2. The zero-order valence-corrected chi connectivity index (χ0v) is 21.0. The molecule has 1 N–H and O–H groups in total. The highest BCUT2D eigenvalue weighted by Gasteiger charge is 2.30. The van der Waals surface area contributed by atoms with Crippen LogP contribution >= 0.6 is 0 Å². The normalized spacial score (nSPS) is 18.6. The number of benzene rings is 1. The Morgan fingerprint density at radius 3 is 2.74 bits per heavy atom. The van der Waals surface area contributed by atoms with Gasteiger partial charge in [0.05, 0.1) is 37.0 Å². The number of aromatic nitrogens is 6. The third kappa shape index (κ3) is 4.85. The molecule has 5 rings (SSSR count).